The lowest BCUT2D eigenvalue weighted by Crippen LogP contribution is -2.58. The third-order valence-electron chi connectivity index (χ3n) is 7.09. The van der Waals surface area contributed by atoms with E-state index in [1.807, 2.05) is 20.8 Å². The molecule has 3 saturated heterocycles. The average Bonchev–Trinajstić information content (AvgIpc) is 2.81. The van der Waals surface area contributed by atoms with Crippen LogP contribution in [0.3, 0.4) is 0 Å². The zero-order valence-electron chi connectivity index (χ0n) is 30.6. The maximum Gasteiger partial charge on any atom is 0.227 e. The van der Waals surface area contributed by atoms with E-state index < -0.39 is 5.67 Å². The number of halogens is 1. The molecule has 0 aromatic heterocycles. The molecule has 8 heteroatoms. The number of rotatable bonds is 3. The van der Waals surface area contributed by atoms with Gasteiger partial charge < -0.3 is 14.4 Å². The van der Waals surface area contributed by atoms with Gasteiger partial charge in [0.05, 0.1) is 26.4 Å². The summed E-state index contributed by atoms with van der Waals surface area (Å²) in [5, 5.41) is 0. The van der Waals surface area contributed by atoms with Gasteiger partial charge in [0.1, 0.15) is 5.67 Å². The van der Waals surface area contributed by atoms with E-state index in [0.717, 1.165) is 59.2 Å². The van der Waals surface area contributed by atoms with Crippen molar-refractivity contribution in [2.75, 3.05) is 92.9 Å². The van der Waals surface area contributed by atoms with Crippen molar-refractivity contribution in [2.24, 2.45) is 16.2 Å². The molecular weight excluding hydrogens is 531 g/mol. The van der Waals surface area contributed by atoms with Crippen LogP contribution in [0.15, 0.2) is 0 Å². The summed E-state index contributed by atoms with van der Waals surface area (Å²) in [5.74, 6) is 0.169. The minimum atomic E-state index is -0.911. The second-order valence-corrected chi connectivity index (χ2v) is 17.1. The first-order valence-corrected chi connectivity index (χ1v) is 16.1. The minimum Gasteiger partial charge on any atom is -0.379 e. The van der Waals surface area contributed by atoms with Gasteiger partial charge in [-0.3, -0.25) is 19.5 Å². The normalized spacial score (nSPS) is 20.5. The van der Waals surface area contributed by atoms with E-state index in [2.05, 4.69) is 77.0 Å². The van der Waals surface area contributed by atoms with E-state index in [-0.39, 0.29) is 11.3 Å². The molecule has 3 aliphatic heterocycles. The fourth-order valence-electron chi connectivity index (χ4n) is 4.89. The van der Waals surface area contributed by atoms with Gasteiger partial charge in [0, 0.05) is 70.9 Å². The van der Waals surface area contributed by atoms with Gasteiger partial charge >= 0.3 is 0 Å². The first kappa shape index (κ1) is 41.2. The van der Waals surface area contributed by atoms with Gasteiger partial charge in [-0.1, -0.05) is 62.3 Å². The highest BCUT2D eigenvalue weighted by molar-refractivity contribution is 5.80. The topological polar surface area (TPSA) is 48.5 Å². The van der Waals surface area contributed by atoms with E-state index in [9.17, 15) is 9.18 Å². The molecule has 42 heavy (non-hydrogen) atoms. The summed E-state index contributed by atoms with van der Waals surface area (Å²) < 4.78 is 23.5. The number of nitrogens with zero attached hydrogens (tertiary/aromatic N) is 4. The van der Waals surface area contributed by atoms with E-state index in [1.54, 1.807) is 25.9 Å². The van der Waals surface area contributed by atoms with Crippen LogP contribution in [0.5, 0.6) is 0 Å². The highest BCUT2D eigenvalue weighted by atomic mass is 19.1. The fourth-order valence-corrected chi connectivity index (χ4v) is 4.89. The molecule has 0 spiro atoms. The first-order valence-electron chi connectivity index (χ1n) is 16.1. The lowest BCUT2D eigenvalue weighted by Gasteiger charge is -2.45. The molecule has 0 aliphatic carbocycles. The molecule has 0 bridgehead atoms. The van der Waals surface area contributed by atoms with Crippen LogP contribution in [0, 0.1) is 16.2 Å². The molecule has 252 valence electrons. The molecule has 3 aliphatic rings. The first-order chi connectivity index (χ1) is 18.8. The van der Waals surface area contributed by atoms with Gasteiger partial charge in [0.2, 0.25) is 5.91 Å². The summed E-state index contributed by atoms with van der Waals surface area (Å²) in [7, 11) is 3.54. The van der Waals surface area contributed by atoms with E-state index in [4.69, 9.17) is 9.47 Å². The van der Waals surface area contributed by atoms with Gasteiger partial charge in [-0.25, -0.2) is 4.39 Å². The Bertz CT molecular complexity index is 726. The minimum absolute atomic E-state index is 0.169. The third-order valence-corrected chi connectivity index (χ3v) is 7.09. The van der Waals surface area contributed by atoms with Crippen LogP contribution in [0.2, 0.25) is 0 Å². The summed E-state index contributed by atoms with van der Waals surface area (Å²) in [5.41, 5.74) is -0.0483. The van der Waals surface area contributed by atoms with Crippen molar-refractivity contribution in [1.29, 1.82) is 0 Å². The van der Waals surface area contributed by atoms with Gasteiger partial charge in [-0.2, -0.15) is 0 Å². The van der Waals surface area contributed by atoms with Crippen molar-refractivity contribution in [1.82, 2.24) is 19.6 Å². The Balaban J connectivity index is 0.000000537. The average molecular weight is 603 g/mol. The maximum absolute atomic E-state index is 13.0. The number of carbonyl (C=O) groups excluding carboxylic acids is 1. The zero-order chi connectivity index (χ0) is 33.0. The summed E-state index contributed by atoms with van der Waals surface area (Å²) in [6, 6.07) is 0. The molecule has 1 amide bonds. The summed E-state index contributed by atoms with van der Waals surface area (Å²) in [6.45, 7) is 39.1. The highest BCUT2D eigenvalue weighted by Crippen LogP contribution is 2.28. The van der Waals surface area contributed by atoms with Gasteiger partial charge in [-0.05, 0) is 51.5 Å². The van der Waals surface area contributed by atoms with Crippen molar-refractivity contribution >= 4 is 5.91 Å². The molecule has 0 atom stereocenters. The second kappa shape index (κ2) is 17.6. The molecular formula is C34H71FN4O3. The molecule has 0 saturated carbocycles. The smallest absolute Gasteiger partial charge is 0.227 e. The predicted molar refractivity (Wildman–Crippen MR) is 177 cm³/mol. The van der Waals surface area contributed by atoms with Crippen molar-refractivity contribution in [3.8, 4) is 0 Å². The van der Waals surface area contributed by atoms with Crippen molar-refractivity contribution in [2.45, 2.75) is 108 Å². The largest absolute Gasteiger partial charge is 0.379 e. The number of likely N-dealkylation sites (tertiary alicyclic amines) is 1. The van der Waals surface area contributed by atoms with Gasteiger partial charge in [0.15, 0.2) is 0 Å². The van der Waals surface area contributed by atoms with E-state index >= 15 is 0 Å². The van der Waals surface area contributed by atoms with Gasteiger partial charge in [-0.15, -0.1) is 0 Å². The van der Waals surface area contributed by atoms with Crippen LogP contribution in [-0.2, 0) is 14.3 Å². The molecule has 3 heterocycles. The Morgan fingerprint density at radius 3 is 1.43 bits per heavy atom. The van der Waals surface area contributed by atoms with Gasteiger partial charge in [0.25, 0.3) is 0 Å². The maximum atomic E-state index is 13.0. The van der Waals surface area contributed by atoms with Crippen LogP contribution >= 0.6 is 0 Å². The molecule has 0 radical (unpaired) electrons. The molecule has 0 unspecified atom stereocenters. The number of alkyl halides is 1. The van der Waals surface area contributed by atoms with Crippen LogP contribution in [0.25, 0.3) is 0 Å². The SMILES string of the molecule is CC(C)(C)CCN1CCOCC1.CC(C)(C)CN1CC(C)(F)C1.CC(C)(C)N1CCOCC1.CN(C)C(=O)C(C)(C)C. The van der Waals surface area contributed by atoms with Crippen LogP contribution < -0.4 is 0 Å². The summed E-state index contributed by atoms with van der Waals surface area (Å²) in [6.07, 6.45) is 1.28. The molecule has 3 fully saturated rings. The van der Waals surface area contributed by atoms with Crippen molar-refractivity contribution in [3.63, 3.8) is 0 Å². The number of amides is 1. The van der Waals surface area contributed by atoms with E-state index in [0.29, 0.717) is 29.5 Å². The second-order valence-electron chi connectivity index (χ2n) is 17.1. The summed E-state index contributed by atoms with van der Waals surface area (Å²) >= 11 is 0. The summed E-state index contributed by atoms with van der Waals surface area (Å²) in [4.78, 5) is 19.8. The Labute approximate surface area is 260 Å². The lowest BCUT2D eigenvalue weighted by atomic mass is 9.91. The monoisotopic (exact) mass is 603 g/mol. The van der Waals surface area contributed by atoms with Crippen molar-refractivity contribution in [3.05, 3.63) is 0 Å². The van der Waals surface area contributed by atoms with E-state index in [1.165, 1.54) is 13.0 Å². The molecule has 0 N–H and O–H groups in total. The predicted octanol–water partition coefficient (Wildman–Crippen LogP) is 6.07. The highest BCUT2D eigenvalue weighted by Gasteiger charge is 2.39. The molecule has 7 nitrogen and oxygen atoms in total. The zero-order valence-corrected chi connectivity index (χ0v) is 30.6. The number of hydrogen-bond donors (Lipinski definition) is 0. The number of morpholine rings is 2. The Kier molecular flexibility index (Phi) is 17.3. The fraction of sp³-hybridized carbons (Fsp3) is 0.971. The molecule has 0 aromatic carbocycles. The quantitative estimate of drug-likeness (QED) is 0.391. The Morgan fingerprint density at radius 1 is 0.738 bits per heavy atom. The Morgan fingerprint density at radius 2 is 1.17 bits per heavy atom. The number of carbonyl (C=O) groups is 1. The van der Waals surface area contributed by atoms with Crippen LogP contribution in [-0.4, -0.2) is 130 Å². The number of ether oxygens (including phenoxy) is 2. The third kappa shape index (κ3) is 21.0. The number of hydrogen-bond acceptors (Lipinski definition) is 6. The lowest BCUT2D eigenvalue weighted by molar-refractivity contribution is -0.136. The molecule has 3 rings (SSSR count). The van der Waals surface area contributed by atoms with Crippen LogP contribution in [0.4, 0.5) is 4.39 Å². The standard InChI is InChI=1S/C10H21NO.C9H18FN.C8H17NO.C7H15NO/c1-10(2,3)4-5-11-6-8-12-9-7-11;1-8(2,3)5-11-6-9(4,10)7-11;1-8(2,3)9-4-6-10-7-5-9;1-7(2,3)6(9)8(4)5/h4-9H2,1-3H3;5-7H2,1-4H3;4-7H2,1-3H3;1-5H3. The molecule has 0 aromatic rings. The van der Waals surface area contributed by atoms with Crippen molar-refractivity contribution < 1.29 is 18.7 Å². The van der Waals surface area contributed by atoms with Crippen LogP contribution in [0.1, 0.15) is 96.4 Å². The Hall–Kier alpha value is -0.800.